The highest BCUT2D eigenvalue weighted by Gasteiger charge is 2.50. The molecule has 1 aliphatic heterocycles. The zero-order valence-electron chi connectivity index (χ0n) is 32.7. The molecular formula is C42H50N8O6. The predicted molar refractivity (Wildman–Crippen MR) is 212 cm³/mol. The molecule has 3 aromatic carbocycles. The van der Waals surface area contributed by atoms with Crippen molar-refractivity contribution < 1.29 is 28.7 Å². The molecule has 0 unspecified atom stereocenters. The lowest BCUT2D eigenvalue weighted by molar-refractivity contribution is -0.137. The van der Waals surface area contributed by atoms with E-state index in [-0.39, 0.29) is 36.4 Å². The van der Waals surface area contributed by atoms with E-state index in [0.717, 1.165) is 75.7 Å². The monoisotopic (exact) mass is 762 g/mol. The summed E-state index contributed by atoms with van der Waals surface area (Å²) in [5, 5.41) is 7.47. The number of amides is 4. The molecule has 1 saturated carbocycles. The number of carbonyl (C=O) groups excluding carboxylic acids is 4. The van der Waals surface area contributed by atoms with Crippen molar-refractivity contribution in [3.05, 3.63) is 72.4 Å². The Balaban J connectivity index is 1.07. The standard InChI is InChI=1S/C42H50N8O6/c1-7-16-49(40(52)36(23(2)3)48-42(54)56-6)22-35-45-32-15-13-28(20-33(32)46-35)26-8-9-27-18-29(11-10-25(27)17-26)34-21-43-38(47-34)37-30-12-14-31(19-30)50(37)39(51)24(4)44-41(53)55-5/h8-11,13,15,17-18,20-21,23-24,30-31,36-37H,7,12,14,16,19,22H2,1-6H3,(H,43,47)(H,44,53)(H,45,46)(H,48,54)/t24-,30-,31+,36-,37-/m0/s1. The number of carbonyl (C=O) groups is 4. The average Bonchev–Trinajstić information content (AvgIpc) is 4.02. The number of rotatable bonds is 12. The molecule has 56 heavy (non-hydrogen) atoms. The van der Waals surface area contributed by atoms with Gasteiger partial charge in [0.25, 0.3) is 0 Å². The maximum atomic E-state index is 13.5. The van der Waals surface area contributed by atoms with Crippen molar-refractivity contribution in [3.8, 4) is 22.4 Å². The number of nitrogens with zero attached hydrogens (tertiary/aromatic N) is 4. The number of ether oxygens (including phenoxy) is 2. The second-order valence-corrected chi connectivity index (χ2v) is 15.3. The van der Waals surface area contributed by atoms with E-state index < -0.39 is 24.3 Å². The van der Waals surface area contributed by atoms with Gasteiger partial charge in [-0.15, -0.1) is 0 Å². The van der Waals surface area contributed by atoms with Crippen molar-refractivity contribution >= 4 is 45.8 Å². The second kappa shape index (κ2) is 16.0. The summed E-state index contributed by atoms with van der Waals surface area (Å²) in [6, 6.07) is 17.4. The van der Waals surface area contributed by atoms with Gasteiger partial charge in [-0.05, 0) is 90.6 Å². The Labute approximate surface area is 325 Å². The van der Waals surface area contributed by atoms with Gasteiger partial charge in [-0.25, -0.2) is 19.6 Å². The topological polar surface area (TPSA) is 175 Å². The first-order valence-electron chi connectivity index (χ1n) is 19.4. The summed E-state index contributed by atoms with van der Waals surface area (Å²) in [7, 11) is 2.57. The number of aromatic nitrogens is 4. The molecule has 2 aromatic heterocycles. The van der Waals surface area contributed by atoms with Crippen LogP contribution in [0.2, 0.25) is 0 Å². The second-order valence-electron chi connectivity index (χ2n) is 15.3. The molecular weight excluding hydrogens is 713 g/mol. The molecule has 2 fully saturated rings. The lowest BCUT2D eigenvalue weighted by Gasteiger charge is -2.36. The summed E-state index contributed by atoms with van der Waals surface area (Å²) < 4.78 is 9.47. The Kier molecular flexibility index (Phi) is 11.0. The normalized spacial score (nSPS) is 18.6. The van der Waals surface area contributed by atoms with E-state index in [0.29, 0.717) is 18.3 Å². The quantitative estimate of drug-likeness (QED) is 0.109. The van der Waals surface area contributed by atoms with Gasteiger partial charge in [-0.2, -0.15) is 0 Å². The molecule has 3 heterocycles. The van der Waals surface area contributed by atoms with Gasteiger partial charge < -0.3 is 39.9 Å². The first-order valence-corrected chi connectivity index (χ1v) is 19.4. The number of likely N-dealkylation sites (tertiary alicyclic amines) is 1. The number of hydrogen-bond donors (Lipinski definition) is 4. The molecule has 4 N–H and O–H groups in total. The molecule has 7 rings (SSSR count). The summed E-state index contributed by atoms with van der Waals surface area (Å²) >= 11 is 0. The smallest absolute Gasteiger partial charge is 0.407 e. The van der Waals surface area contributed by atoms with Crippen LogP contribution in [0, 0.1) is 11.8 Å². The lowest BCUT2D eigenvalue weighted by atomic mass is 9.97. The summed E-state index contributed by atoms with van der Waals surface area (Å²) in [4.78, 5) is 71.0. The van der Waals surface area contributed by atoms with Gasteiger partial charge in [0.1, 0.15) is 23.7 Å². The Morgan fingerprint density at radius 3 is 2.29 bits per heavy atom. The van der Waals surface area contributed by atoms with Crippen LogP contribution in [0.25, 0.3) is 44.2 Å². The molecule has 2 aliphatic rings. The highest BCUT2D eigenvalue weighted by Crippen LogP contribution is 2.50. The molecule has 294 valence electrons. The van der Waals surface area contributed by atoms with Crippen LogP contribution in [0.15, 0.2) is 60.8 Å². The highest BCUT2D eigenvalue weighted by atomic mass is 16.5. The molecule has 5 atom stereocenters. The fraction of sp³-hybridized carbons (Fsp3) is 0.429. The lowest BCUT2D eigenvalue weighted by Crippen LogP contribution is -2.51. The maximum absolute atomic E-state index is 13.5. The Bertz CT molecular complexity index is 2260. The molecule has 1 aliphatic carbocycles. The van der Waals surface area contributed by atoms with Gasteiger partial charge in [-0.3, -0.25) is 9.59 Å². The highest BCUT2D eigenvalue weighted by molar-refractivity contribution is 5.92. The summed E-state index contributed by atoms with van der Waals surface area (Å²) in [6.07, 6.45) is 4.25. The third kappa shape index (κ3) is 7.64. The van der Waals surface area contributed by atoms with Gasteiger partial charge in [0.05, 0.1) is 49.7 Å². The van der Waals surface area contributed by atoms with Crippen molar-refractivity contribution in [1.82, 2.24) is 40.4 Å². The first-order chi connectivity index (χ1) is 27.0. The van der Waals surface area contributed by atoms with Gasteiger partial charge in [0.15, 0.2) is 0 Å². The Morgan fingerprint density at radius 1 is 0.893 bits per heavy atom. The fourth-order valence-corrected chi connectivity index (χ4v) is 8.34. The molecule has 14 nitrogen and oxygen atoms in total. The number of piperidine rings is 1. The zero-order chi connectivity index (χ0) is 39.7. The number of fused-ring (bicyclic) bond motifs is 4. The van der Waals surface area contributed by atoms with Crippen LogP contribution >= 0.6 is 0 Å². The van der Waals surface area contributed by atoms with Gasteiger partial charge in [0, 0.05) is 18.2 Å². The number of nitrogens with one attached hydrogen (secondary N) is 4. The van der Waals surface area contributed by atoms with E-state index in [2.05, 4.69) is 69.1 Å². The van der Waals surface area contributed by atoms with Crippen LogP contribution in [0.1, 0.15) is 71.1 Å². The minimum atomic E-state index is -0.714. The molecule has 5 aromatic rings. The minimum absolute atomic E-state index is 0.123. The van der Waals surface area contributed by atoms with E-state index in [1.54, 1.807) is 11.8 Å². The number of H-pyrrole nitrogens is 2. The fourth-order valence-electron chi connectivity index (χ4n) is 8.34. The van der Waals surface area contributed by atoms with Crippen LogP contribution in [-0.4, -0.2) is 92.6 Å². The van der Waals surface area contributed by atoms with Gasteiger partial charge in [0.2, 0.25) is 11.8 Å². The third-order valence-corrected chi connectivity index (χ3v) is 11.2. The van der Waals surface area contributed by atoms with Gasteiger partial charge in [-0.1, -0.05) is 51.1 Å². The SMILES string of the molecule is CCCN(Cc1nc2ccc(-c3ccc4cc(-c5cnc([C@@H]6[C@H]7CC[C@H](C7)N6C(=O)[C@H](C)NC(=O)OC)[nH]5)ccc4c3)cc2[nH]1)C(=O)[C@@H](NC(=O)OC)C(C)C. The number of aromatic amines is 2. The van der Waals surface area contributed by atoms with E-state index in [4.69, 9.17) is 19.4 Å². The van der Waals surface area contributed by atoms with E-state index in [1.807, 2.05) is 37.9 Å². The van der Waals surface area contributed by atoms with E-state index in [9.17, 15) is 19.2 Å². The molecule has 4 amide bonds. The Morgan fingerprint density at radius 2 is 1.57 bits per heavy atom. The van der Waals surface area contributed by atoms with Crippen LogP contribution < -0.4 is 10.6 Å². The molecule has 2 bridgehead atoms. The Hall–Kier alpha value is -5.92. The number of alkyl carbamates (subject to hydrolysis) is 2. The number of imidazole rings is 2. The first kappa shape index (κ1) is 38.4. The molecule has 14 heteroatoms. The predicted octanol–water partition coefficient (Wildman–Crippen LogP) is 6.69. The largest absolute Gasteiger partial charge is 0.453 e. The van der Waals surface area contributed by atoms with Crippen LogP contribution in [-0.2, 0) is 25.6 Å². The van der Waals surface area contributed by atoms with Crippen molar-refractivity contribution in [1.29, 1.82) is 0 Å². The summed E-state index contributed by atoms with van der Waals surface area (Å²) in [6.45, 7) is 8.28. The number of benzene rings is 3. The average molecular weight is 763 g/mol. The van der Waals surface area contributed by atoms with Crippen LogP contribution in [0.4, 0.5) is 9.59 Å². The van der Waals surface area contributed by atoms with Crippen LogP contribution in [0.3, 0.4) is 0 Å². The maximum Gasteiger partial charge on any atom is 0.407 e. The summed E-state index contributed by atoms with van der Waals surface area (Å²) in [5.41, 5.74) is 5.62. The van der Waals surface area contributed by atoms with Gasteiger partial charge >= 0.3 is 12.2 Å². The third-order valence-electron chi connectivity index (χ3n) is 11.2. The molecule has 0 radical (unpaired) electrons. The number of methoxy groups -OCH3 is 2. The molecule has 1 saturated heterocycles. The van der Waals surface area contributed by atoms with E-state index in [1.165, 1.54) is 14.2 Å². The van der Waals surface area contributed by atoms with Crippen molar-refractivity contribution in [3.63, 3.8) is 0 Å². The van der Waals surface area contributed by atoms with Crippen molar-refractivity contribution in [2.24, 2.45) is 11.8 Å². The zero-order valence-corrected chi connectivity index (χ0v) is 32.7. The van der Waals surface area contributed by atoms with E-state index >= 15 is 0 Å². The number of hydrogen-bond acceptors (Lipinski definition) is 8. The minimum Gasteiger partial charge on any atom is -0.453 e. The summed E-state index contributed by atoms with van der Waals surface area (Å²) in [5.74, 6) is 1.31. The molecule has 0 spiro atoms. The van der Waals surface area contributed by atoms with Crippen molar-refractivity contribution in [2.45, 2.75) is 84.1 Å². The van der Waals surface area contributed by atoms with Crippen molar-refractivity contribution in [2.75, 3.05) is 20.8 Å². The van der Waals surface area contributed by atoms with Crippen LogP contribution in [0.5, 0.6) is 0 Å².